The quantitative estimate of drug-likeness (QED) is 0.107. The van der Waals surface area contributed by atoms with E-state index in [4.69, 9.17) is 33.2 Å². The lowest BCUT2D eigenvalue weighted by Crippen LogP contribution is -2.65. The van der Waals surface area contributed by atoms with Gasteiger partial charge in [-0.2, -0.15) is 0 Å². The van der Waals surface area contributed by atoms with Gasteiger partial charge in [0.25, 0.3) is 0 Å². The van der Waals surface area contributed by atoms with Gasteiger partial charge in [-0.25, -0.2) is 0 Å². The lowest BCUT2D eigenvalue weighted by Gasteiger charge is -2.61. The Kier molecular flexibility index (Phi) is 14.4. The minimum atomic E-state index is -1.77. The summed E-state index contributed by atoms with van der Waals surface area (Å²) in [4.78, 5) is 0. The van der Waals surface area contributed by atoms with Crippen LogP contribution in [-0.4, -0.2) is 191 Å². The van der Waals surface area contributed by atoms with Crippen molar-refractivity contribution in [1.29, 1.82) is 0 Å². The maximum atomic E-state index is 12.7. The molecule has 0 aromatic carbocycles. The van der Waals surface area contributed by atoms with Crippen LogP contribution < -0.4 is 0 Å². The van der Waals surface area contributed by atoms with Crippen molar-refractivity contribution in [3.63, 3.8) is 0 Å². The van der Waals surface area contributed by atoms with Gasteiger partial charge < -0.3 is 94.4 Å². The fourth-order valence-electron chi connectivity index (χ4n) is 14.2. The number of aliphatic hydroxyl groups excluding tert-OH is 11. The highest BCUT2D eigenvalue weighted by Gasteiger charge is 2.76. The molecule has 0 amide bonds. The minimum Gasteiger partial charge on any atom is -0.394 e. The van der Waals surface area contributed by atoms with Gasteiger partial charge in [0, 0.05) is 24.7 Å². The third-order valence-corrected chi connectivity index (χ3v) is 18.0. The molecule has 0 spiro atoms. The van der Waals surface area contributed by atoms with Crippen molar-refractivity contribution in [2.45, 2.75) is 209 Å². The third kappa shape index (κ3) is 8.34. The van der Waals surface area contributed by atoms with E-state index in [1.807, 2.05) is 13.8 Å². The zero-order chi connectivity index (χ0) is 46.4. The Morgan fingerprint density at radius 2 is 1.31 bits per heavy atom. The number of ether oxygens (including phenoxy) is 7. The number of aliphatic hydroxyl groups is 12. The smallest absolute Gasteiger partial charge is 0.190 e. The number of hydrogen-bond acceptors (Lipinski definition) is 19. The standard InChI is InChI=1S/C45H76O19/c1-19(18-58-39-34(54)33(53)30(50)27(16-46)60-39)8-13-44(57)20(2)38-43(5)12-10-25-24(7-6-22-14-23(48)9-11-42(22,25)4)26(43)15-45(38,64-44)63-41-36(56)37(31(51)28(17-47)61-41)62-40-35(55)32(52)29(49)21(3)59-40/h19-41,46-57H,6-18H2,1-5H3/t19-,20-,21-,22+,23-,24+,25-,26-,27+,28+,29-,30+,31-,32+,33-,34+,35+,36+,37-,38+,39+,40-,41-,42-,43-,44+,45?/m0/s1. The van der Waals surface area contributed by atoms with Gasteiger partial charge in [-0.3, -0.25) is 0 Å². The normalized spacial score (nSPS) is 56.8. The summed E-state index contributed by atoms with van der Waals surface area (Å²) >= 11 is 0. The second-order valence-corrected chi connectivity index (χ2v) is 21.6. The van der Waals surface area contributed by atoms with Gasteiger partial charge in [0.2, 0.25) is 0 Å². The van der Waals surface area contributed by atoms with E-state index in [1.54, 1.807) is 0 Å². The summed E-state index contributed by atoms with van der Waals surface area (Å²) in [5, 5.41) is 129. The summed E-state index contributed by atoms with van der Waals surface area (Å²) in [6.07, 6.45) is -15.7. The predicted octanol–water partition coefficient (Wildman–Crippen LogP) is -1.43. The molecule has 0 bridgehead atoms. The molecule has 4 saturated carbocycles. The zero-order valence-electron chi connectivity index (χ0n) is 37.7. The van der Waals surface area contributed by atoms with Crippen LogP contribution in [0.2, 0.25) is 0 Å². The minimum absolute atomic E-state index is 0.0282. The lowest BCUT2D eigenvalue weighted by atomic mass is 9.44. The van der Waals surface area contributed by atoms with Crippen molar-refractivity contribution >= 4 is 0 Å². The average Bonchev–Trinajstić information content (AvgIpc) is 3.65. The largest absolute Gasteiger partial charge is 0.394 e. The second-order valence-electron chi connectivity index (χ2n) is 21.6. The first-order valence-corrected chi connectivity index (χ1v) is 23.8. The van der Waals surface area contributed by atoms with Crippen molar-refractivity contribution < 1.29 is 94.4 Å². The molecule has 12 N–H and O–H groups in total. The molecule has 4 aliphatic carbocycles. The molecule has 19 heteroatoms. The second kappa shape index (κ2) is 18.5. The van der Waals surface area contributed by atoms with Gasteiger partial charge in [0.15, 0.2) is 30.4 Å². The topological polar surface area (TPSA) is 307 Å². The van der Waals surface area contributed by atoms with Crippen molar-refractivity contribution in [3.05, 3.63) is 0 Å². The molecule has 8 aliphatic rings. The van der Waals surface area contributed by atoms with Gasteiger partial charge in [0.05, 0.1) is 32.0 Å². The molecular weight excluding hydrogens is 844 g/mol. The fraction of sp³-hybridized carbons (Fsp3) is 1.00. The molecule has 8 rings (SSSR count). The number of hydrogen-bond donors (Lipinski definition) is 12. The van der Waals surface area contributed by atoms with Crippen LogP contribution in [0.1, 0.15) is 98.8 Å². The van der Waals surface area contributed by atoms with Crippen LogP contribution in [0.15, 0.2) is 0 Å². The summed E-state index contributed by atoms with van der Waals surface area (Å²) in [6.45, 7) is 8.65. The van der Waals surface area contributed by atoms with Gasteiger partial charge >= 0.3 is 0 Å². The van der Waals surface area contributed by atoms with E-state index in [1.165, 1.54) is 6.92 Å². The van der Waals surface area contributed by atoms with Crippen molar-refractivity contribution in [2.75, 3.05) is 19.8 Å². The molecule has 4 saturated heterocycles. The molecule has 0 aromatic heterocycles. The van der Waals surface area contributed by atoms with Gasteiger partial charge in [-0.1, -0.05) is 27.7 Å². The van der Waals surface area contributed by atoms with Crippen LogP contribution in [0.4, 0.5) is 0 Å². The van der Waals surface area contributed by atoms with Crippen LogP contribution in [0, 0.1) is 52.3 Å². The monoisotopic (exact) mass is 920 g/mol. The first kappa shape index (κ1) is 49.7. The molecule has 8 fully saturated rings. The summed E-state index contributed by atoms with van der Waals surface area (Å²) in [5.41, 5.74) is -0.361. The predicted molar refractivity (Wildman–Crippen MR) is 219 cm³/mol. The summed E-state index contributed by atoms with van der Waals surface area (Å²) in [7, 11) is 0. The molecule has 1 unspecified atom stereocenters. The van der Waals surface area contributed by atoms with Gasteiger partial charge in [-0.05, 0) is 98.7 Å². The highest BCUT2D eigenvalue weighted by Crippen LogP contribution is 2.74. The molecule has 64 heavy (non-hydrogen) atoms. The van der Waals surface area contributed by atoms with Gasteiger partial charge in [-0.15, -0.1) is 0 Å². The summed E-state index contributed by atoms with van der Waals surface area (Å²) < 4.78 is 43.1. The molecule has 0 aromatic rings. The highest BCUT2D eigenvalue weighted by atomic mass is 16.8. The van der Waals surface area contributed by atoms with Crippen LogP contribution in [0.5, 0.6) is 0 Å². The maximum Gasteiger partial charge on any atom is 0.190 e. The van der Waals surface area contributed by atoms with Crippen molar-refractivity contribution in [1.82, 2.24) is 0 Å². The fourth-order valence-corrected chi connectivity index (χ4v) is 14.2. The average molecular weight is 921 g/mol. The molecule has 370 valence electrons. The van der Waals surface area contributed by atoms with E-state index in [-0.39, 0.29) is 36.4 Å². The lowest BCUT2D eigenvalue weighted by molar-refractivity contribution is -0.405. The Morgan fingerprint density at radius 1 is 0.672 bits per heavy atom. The maximum absolute atomic E-state index is 12.7. The molecule has 4 heterocycles. The van der Waals surface area contributed by atoms with Crippen LogP contribution in [-0.2, 0) is 33.2 Å². The van der Waals surface area contributed by atoms with E-state index in [2.05, 4.69) is 13.8 Å². The first-order chi connectivity index (χ1) is 30.1. The molecule has 4 aliphatic heterocycles. The Bertz CT molecular complexity index is 1600. The Balaban J connectivity index is 1.05. The Hall–Kier alpha value is -0.760. The van der Waals surface area contributed by atoms with Crippen LogP contribution >= 0.6 is 0 Å². The van der Waals surface area contributed by atoms with Crippen molar-refractivity contribution in [2.24, 2.45) is 52.3 Å². The summed E-state index contributed by atoms with van der Waals surface area (Å²) in [6, 6.07) is 0. The van der Waals surface area contributed by atoms with E-state index in [0.717, 1.165) is 44.9 Å². The van der Waals surface area contributed by atoms with E-state index in [0.29, 0.717) is 30.6 Å². The Labute approximate surface area is 374 Å². The van der Waals surface area contributed by atoms with E-state index in [9.17, 15) is 61.3 Å². The number of rotatable bonds is 12. The third-order valence-electron chi connectivity index (χ3n) is 18.0. The van der Waals surface area contributed by atoms with E-state index >= 15 is 0 Å². The van der Waals surface area contributed by atoms with Crippen molar-refractivity contribution in [3.8, 4) is 0 Å². The molecule has 27 atom stereocenters. The van der Waals surface area contributed by atoms with Crippen LogP contribution in [0.25, 0.3) is 0 Å². The van der Waals surface area contributed by atoms with E-state index < -0.39 is 134 Å². The summed E-state index contributed by atoms with van der Waals surface area (Å²) in [5.74, 6) is -3.35. The number of fused-ring (bicyclic) bond motifs is 7. The zero-order valence-corrected chi connectivity index (χ0v) is 37.7. The molecular formula is C45H76O19. The highest BCUT2D eigenvalue weighted by molar-refractivity contribution is 5.18. The molecule has 19 nitrogen and oxygen atoms in total. The van der Waals surface area contributed by atoms with Gasteiger partial charge in [0.1, 0.15) is 67.1 Å². The Morgan fingerprint density at radius 3 is 2.02 bits per heavy atom. The first-order valence-electron chi connectivity index (χ1n) is 23.8. The SMILES string of the molecule is C[C@@H](CC[C@@]1(O)OC2(O[C@@H]3O[C@H](CO)[C@H](O)[C@H](O[C@@H]4O[C@@H](C)[C@H](O)[C@@H](O)[C@H]4O)[C@H]3O)C[C@H]3[C@@H]4CC[C@@H]5C[C@@H](O)CC[C@]5(C)[C@H]4CC[C@]3(C)[C@H]2[C@@H]1C)CO[C@@H]1O[C@H](CO)[C@@H](O)[C@H](O)[C@H]1O. The van der Waals surface area contributed by atoms with Crippen LogP contribution in [0.3, 0.4) is 0 Å². The molecule has 0 radical (unpaired) electrons.